The highest BCUT2D eigenvalue weighted by Crippen LogP contribution is 2.29. The molecule has 0 amide bonds. The maximum absolute atomic E-state index is 10.3. The standard InChI is InChI=1S/C14H28N2O/c1-11-7-8-16(12(9-11)10-15)13-5-3-2-4-6-14(13)17/h11-14,17H,2-10,15H2,1H3. The van der Waals surface area contributed by atoms with E-state index in [1.807, 2.05) is 0 Å². The average Bonchev–Trinajstić information content (AvgIpc) is 2.54. The van der Waals surface area contributed by atoms with Gasteiger partial charge in [0.2, 0.25) is 0 Å². The average molecular weight is 240 g/mol. The number of aliphatic hydroxyl groups is 1. The summed E-state index contributed by atoms with van der Waals surface area (Å²) in [5.41, 5.74) is 5.92. The molecule has 0 spiro atoms. The Balaban J connectivity index is 2.02. The Bertz CT molecular complexity index is 234. The second kappa shape index (κ2) is 6.17. The summed E-state index contributed by atoms with van der Waals surface area (Å²) in [6.07, 6.45) is 8.23. The summed E-state index contributed by atoms with van der Waals surface area (Å²) in [4.78, 5) is 2.52. The minimum Gasteiger partial charge on any atom is -0.391 e. The number of hydrogen-bond donors (Lipinski definition) is 2. The Hall–Kier alpha value is -0.120. The van der Waals surface area contributed by atoms with Gasteiger partial charge in [-0.15, -0.1) is 0 Å². The summed E-state index contributed by atoms with van der Waals surface area (Å²) in [7, 11) is 0. The third-order valence-corrected chi connectivity index (χ3v) is 4.67. The van der Waals surface area contributed by atoms with Crippen molar-refractivity contribution in [3.63, 3.8) is 0 Å². The van der Waals surface area contributed by atoms with Gasteiger partial charge >= 0.3 is 0 Å². The van der Waals surface area contributed by atoms with Crippen LogP contribution in [0, 0.1) is 5.92 Å². The summed E-state index contributed by atoms with van der Waals surface area (Å²) >= 11 is 0. The van der Waals surface area contributed by atoms with Crippen LogP contribution in [0.1, 0.15) is 51.9 Å². The lowest BCUT2D eigenvalue weighted by Gasteiger charge is -2.44. The van der Waals surface area contributed by atoms with Crippen LogP contribution >= 0.6 is 0 Å². The Morgan fingerprint density at radius 1 is 1.18 bits per heavy atom. The monoisotopic (exact) mass is 240 g/mol. The fourth-order valence-corrected chi connectivity index (χ4v) is 3.59. The topological polar surface area (TPSA) is 49.5 Å². The van der Waals surface area contributed by atoms with Gasteiger partial charge in [-0.25, -0.2) is 0 Å². The summed E-state index contributed by atoms with van der Waals surface area (Å²) in [5, 5.41) is 10.3. The normalized spacial score (nSPS) is 41.1. The van der Waals surface area contributed by atoms with Crippen LogP contribution in [0.5, 0.6) is 0 Å². The summed E-state index contributed by atoms with van der Waals surface area (Å²) in [6, 6.07) is 0.870. The van der Waals surface area contributed by atoms with Crippen LogP contribution in [0.25, 0.3) is 0 Å². The molecule has 1 saturated carbocycles. The van der Waals surface area contributed by atoms with Gasteiger partial charge in [-0.1, -0.05) is 26.2 Å². The molecule has 0 bridgehead atoms. The molecule has 0 aromatic carbocycles. The highest BCUT2D eigenvalue weighted by Gasteiger charge is 2.34. The van der Waals surface area contributed by atoms with Crippen molar-refractivity contribution in [1.29, 1.82) is 0 Å². The van der Waals surface area contributed by atoms with E-state index in [2.05, 4.69) is 11.8 Å². The van der Waals surface area contributed by atoms with Crippen molar-refractivity contribution >= 4 is 0 Å². The molecule has 0 aromatic rings. The number of rotatable bonds is 2. The van der Waals surface area contributed by atoms with Crippen LogP contribution in [-0.4, -0.2) is 41.3 Å². The van der Waals surface area contributed by atoms with Gasteiger partial charge in [0.15, 0.2) is 0 Å². The molecule has 17 heavy (non-hydrogen) atoms. The first kappa shape index (κ1) is 13.3. The van der Waals surface area contributed by atoms with Gasteiger partial charge in [0.05, 0.1) is 6.10 Å². The Kier molecular flexibility index (Phi) is 4.83. The van der Waals surface area contributed by atoms with Crippen LogP contribution in [0.4, 0.5) is 0 Å². The van der Waals surface area contributed by atoms with E-state index < -0.39 is 0 Å². The molecule has 1 heterocycles. The molecule has 4 atom stereocenters. The van der Waals surface area contributed by atoms with Crippen molar-refractivity contribution in [2.24, 2.45) is 11.7 Å². The third kappa shape index (κ3) is 3.21. The first-order valence-corrected chi connectivity index (χ1v) is 7.36. The number of nitrogens with zero attached hydrogens (tertiary/aromatic N) is 1. The molecule has 4 unspecified atom stereocenters. The molecule has 3 heteroatoms. The zero-order valence-electron chi connectivity index (χ0n) is 11.1. The lowest BCUT2D eigenvalue weighted by Crippen LogP contribution is -2.54. The number of nitrogens with two attached hydrogens (primary N) is 1. The lowest BCUT2D eigenvalue weighted by atomic mass is 9.89. The van der Waals surface area contributed by atoms with E-state index in [9.17, 15) is 5.11 Å². The first-order valence-electron chi connectivity index (χ1n) is 7.36. The minimum atomic E-state index is -0.125. The van der Waals surface area contributed by atoms with E-state index in [0.717, 1.165) is 31.8 Å². The predicted octanol–water partition coefficient (Wildman–Crippen LogP) is 1.74. The van der Waals surface area contributed by atoms with Crippen molar-refractivity contribution in [2.45, 2.75) is 70.1 Å². The van der Waals surface area contributed by atoms with Crippen molar-refractivity contribution in [2.75, 3.05) is 13.1 Å². The third-order valence-electron chi connectivity index (χ3n) is 4.67. The Morgan fingerprint density at radius 3 is 2.71 bits per heavy atom. The van der Waals surface area contributed by atoms with Crippen LogP contribution in [0.15, 0.2) is 0 Å². The second-order valence-corrected chi connectivity index (χ2v) is 6.03. The number of piperidine rings is 1. The van der Waals surface area contributed by atoms with Gasteiger partial charge in [0, 0.05) is 18.6 Å². The number of aliphatic hydroxyl groups excluding tert-OH is 1. The van der Waals surface area contributed by atoms with Gasteiger partial charge in [-0.05, 0) is 38.1 Å². The number of likely N-dealkylation sites (tertiary alicyclic amines) is 1. The van der Waals surface area contributed by atoms with E-state index in [-0.39, 0.29) is 6.10 Å². The van der Waals surface area contributed by atoms with Gasteiger partial charge in [0.1, 0.15) is 0 Å². The van der Waals surface area contributed by atoms with Crippen LogP contribution < -0.4 is 5.73 Å². The smallest absolute Gasteiger partial charge is 0.0695 e. The fraction of sp³-hybridized carbons (Fsp3) is 1.00. The molecule has 2 rings (SSSR count). The van der Waals surface area contributed by atoms with Crippen LogP contribution in [0.3, 0.4) is 0 Å². The van der Waals surface area contributed by atoms with E-state index in [0.29, 0.717) is 12.1 Å². The molecule has 1 aliphatic carbocycles. The molecule has 1 saturated heterocycles. The van der Waals surface area contributed by atoms with Crippen molar-refractivity contribution in [1.82, 2.24) is 4.90 Å². The summed E-state index contributed by atoms with van der Waals surface area (Å²) in [5.74, 6) is 0.794. The maximum Gasteiger partial charge on any atom is 0.0695 e. The van der Waals surface area contributed by atoms with Crippen molar-refractivity contribution in [3.8, 4) is 0 Å². The molecular formula is C14H28N2O. The second-order valence-electron chi connectivity index (χ2n) is 6.03. The van der Waals surface area contributed by atoms with Gasteiger partial charge in [-0.2, -0.15) is 0 Å². The molecule has 0 radical (unpaired) electrons. The predicted molar refractivity (Wildman–Crippen MR) is 70.8 cm³/mol. The summed E-state index contributed by atoms with van der Waals surface area (Å²) < 4.78 is 0. The SMILES string of the molecule is CC1CCN(C2CCCCCC2O)C(CN)C1. The maximum atomic E-state index is 10.3. The van der Waals surface area contributed by atoms with Crippen molar-refractivity contribution in [3.05, 3.63) is 0 Å². The van der Waals surface area contributed by atoms with Crippen LogP contribution in [-0.2, 0) is 0 Å². The van der Waals surface area contributed by atoms with Gasteiger partial charge in [0.25, 0.3) is 0 Å². The molecule has 3 N–H and O–H groups in total. The van der Waals surface area contributed by atoms with E-state index >= 15 is 0 Å². The first-order chi connectivity index (χ1) is 8.22. The van der Waals surface area contributed by atoms with E-state index in [1.165, 1.54) is 32.1 Å². The Labute approximate surface area is 105 Å². The lowest BCUT2D eigenvalue weighted by molar-refractivity contribution is -0.00303. The zero-order valence-corrected chi connectivity index (χ0v) is 11.1. The zero-order chi connectivity index (χ0) is 12.3. The minimum absolute atomic E-state index is 0.125. The number of hydrogen-bond acceptors (Lipinski definition) is 3. The van der Waals surface area contributed by atoms with Gasteiger partial charge < -0.3 is 10.8 Å². The highest BCUT2D eigenvalue weighted by molar-refractivity contribution is 4.90. The highest BCUT2D eigenvalue weighted by atomic mass is 16.3. The molecule has 2 aliphatic rings. The van der Waals surface area contributed by atoms with E-state index in [4.69, 9.17) is 5.73 Å². The quantitative estimate of drug-likeness (QED) is 0.723. The fourth-order valence-electron chi connectivity index (χ4n) is 3.59. The molecular weight excluding hydrogens is 212 g/mol. The molecule has 100 valence electrons. The van der Waals surface area contributed by atoms with Crippen LogP contribution in [0.2, 0.25) is 0 Å². The Morgan fingerprint density at radius 2 is 1.94 bits per heavy atom. The van der Waals surface area contributed by atoms with Gasteiger partial charge in [-0.3, -0.25) is 4.90 Å². The summed E-state index contributed by atoms with van der Waals surface area (Å²) in [6.45, 7) is 4.20. The molecule has 0 aromatic heterocycles. The van der Waals surface area contributed by atoms with E-state index in [1.54, 1.807) is 0 Å². The molecule has 2 fully saturated rings. The molecule has 1 aliphatic heterocycles. The molecule has 3 nitrogen and oxygen atoms in total. The largest absolute Gasteiger partial charge is 0.391 e. The van der Waals surface area contributed by atoms with Crippen molar-refractivity contribution < 1.29 is 5.11 Å².